The molecule has 0 heterocycles. The van der Waals surface area contributed by atoms with E-state index in [1.165, 1.54) is 7.11 Å². The molecule has 4 nitrogen and oxygen atoms in total. The van der Waals surface area contributed by atoms with Crippen LogP contribution in [0.15, 0.2) is 12.2 Å². The third kappa shape index (κ3) is 1.78. The van der Waals surface area contributed by atoms with Crippen molar-refractivity contribution in [1.29, 1.82) is 0 Å². The number of carboxylic acid groups (broad SMARTS) is 1. The van der Waals surface area contributed by atoms with Crippen LogP contribution >= 0.6 is 0 Å². The van der Waals surface area contributed by atoms with Gasteiger partial charge in [-0.05, 0) is 11.3 Å². The van der Waals surface area contributed by atoms with Crippen molar-refractivity contribution in [3.63, 3.8) is 0 Å². The first-order valence-corrected chi connectivity index (χ1v) is 4.40. The summed E-state index contributed by atoms with van der Waals surface area (Å²) in [6.45, 7) is 3.84. The molecule has 0 aliphatic heterocycles. The van der Waals surface area contributed by atoms with Crippen LogP contribution in [-0.4, -0.2) is 24.2 Å². The monoisotopic (exact) mass is 198 g/mol. The molecule has 4 heteroatoms. The minimum absolute atomic E-state index is 0.0222. The molecule has 0 radical (unpaired) electrons. The highest BCUT2D eigenvalue weighted by atomic mass is 16.5. The zero-order valence-corrected chi connectivity index (χ0v) is 8.48. The van der Waals surface area contributed by atoms with Gasteiger partial charge in [0.1, 0.15) is 0 Å². The maximum absolute atomic E-state index is 11.2. The van der Waals surface area contributed by atoms with Crippen molar-refractivity contribution in [1.82, 2.24) is 0 Å². The van der Waals surface area contributed by atoms with Gasteiger partial charge >= 0.3 is 11.9 Å². The Labute approximate surface area is 82.6 Å². The van der Waals surface area contributed by atoms with E-state index in [0.29, 0.717) is 0 Å². The molecule has 0 aromatic heterocycles. The molecule has 0 spiro atoms. The summed E-state index contributed by atoms with van der Waals surface area (Å²) in [6, 6.07) is 0. The summed E-state index contributed by atoms with van der Waals surface area (Å²) >= 11 is 0. The third-order valence-corrected chi connectivity index (χ3v) is 2.81. The second-order valence-corrected chi connectivity index (χ2v) is 4.05. The van der Waals surface area contributed by atoms with Gasteiger partial charge in [-0.1, -0.05) is 19.9 Å². The molecule has 0 aromatic carbocycles. The van der Waals surface area contributed by atoms with Gasteiger partial charge in [0.2, 0.25) is 0 Å². The fourth-order valence-electron chi connectivity index (χ4n) is 1.80. The molecule has 1 aliphatic carbocycles. The van der Waals surface area contributed by atoms with Crippen molar-refractivity contribution in [2.45, 2.75) is 13.8 Å². The van der Waals surface area contributed by atoms with E-state index in [4.69, 9.17) is 5.11 Å². The van der Waals surface area contributed by atoms with Gasteiger partial charge in [-0.15, -0.1) is 0 Å². The van der Waals surface area contributed by atoms with Crippen LogP contribution in [0.2, 0.25) is 0 Å². The van der Waals surface area contributed by atoms with E-state index >= 15 is 0 Å². The van der Waals surface area contributed by atoms with Crippen LogP contribution in [0.4, 0.5) is 0 Å². The standard InChI is InChI=1S/C10H14O4/c1-10(2)6(4-5-7(11)12)8(10)9(13)14-3/h4-6,8H,1-3H3,(H,11,12)/t6-,8-/m0/s1. The van der Waals surface area contributed by atoms with Crippen molar-refractivity contribution in [3.05, 3.63) is 12.2 Å². The summed E-state index contributed by atoms with van der Waals surface area (Å²) in [5, 5.41) is 8.44. The molecule has 0 bridgehead atoms. The van der Waals surface area contributed by atoms with Gasteiger partial charge in [0, 0.05) is 6.08 Å². The largest absolute Gasteiger partial charge is 0.478 e. The molecule has 1 saturated carbocycles. The average Bonchev–Trinajstić information content (AvgIpc) is 2.63. The number of hydrogen-bond donors (Lipinski definition) is 1. The van der Waals surface area contributed by atoms with E-state index in [0.717, 1.165) is 6.08 Å². The molecule has 1 rings (SSSR count). The van der Waals surface area contributed by atoms with Crippen molar-refractivity contribution < 1.29 is 19.4 Å². The number of aliphatic carboxylic acids is 1. The first kappa shape index (κ1) is 10.8. The van der Waals surface area contributed by atoms with Gasteiger partial charge < -0.3 is 9.84 Å². The summed E-state index contributed by atoms with van der Waals surface area (Å²) in [4.78, 5) is 21.5. The average molecular weight is 198 g/mol. The first-order chi connectivity index (χ1) is 6.41. The number of carboxylic acids is 1. The Hall–Kier alpha value is -1.32. The fraction of sp³-hybridized carbons (Fsp3) is 0.600. The van der Waals surface area contributed by atoms with E-state index in [9.17, 15) is 9.59 Å². The first-order valence-electron chi connectivity index (χ1n) is 4.40. The normalized spacial score (nSPS) is 28.8. The summed E-state index contributed by atoms with van der Waals surface area (Å²) in [7, 11) is 1.34. The number of methoxy groups -OCH3 is 1. The Kier molecular flexibility index (Phi) is 2.64. The van der Waals surface area contributed by atoms with Gasteiger partial charge in [0.25, 0.3) is 0 Å². The second-order valence-electron chi connectivity index (χ2n) is 4.05. The molecule has 1 fully saturated rings. The highest BCUT2D eigenvalue weighted by molar-refractivity contribution is 5.81. The fourth-order valence-corrected chi connectivity index (χ4v) is 1.80. The second kappa shape index (κ2) is 3.44. The molecule has 2 atom stereocenters. The minimum Gasteiger partial charge on any atom is -0.478 e. The molecular formula is C10H14O4. The van der Waals surface area contributed by atoms with E-state index in [2.05, 4.69) is 4.74 Å². The summed E-state index contributed by atoms with van der Waals surface area (Å²) < 4.78 is 4.63. The van der Waals surface area contributed by atoms with Gasteiger partial charge in [-0.3, -0.25) is 4.79 Å². The lowest BCUT2D eigenvalue weighted by Gasteiger charge is -1.98. The van der Waals surface area contributed by atoms with E-state index in [1.54, 1.807) is 6.08 Å². The quantitative estimate of drug-likeness (QED) is 0.544. The Balaban J connectivity index is 2.66. The molecule has 0 aromatic rings. The Morgan fingerprint density at radius 3 is 2.43 bits per heavy atom. The van der Waals surface area contributed by atoms with Gasteiger partial charge in [-0.2, -0.15) is 0 Å². The van der Waals surface area contributed by atoms with Crippen LogP contribution in [0.25, 0.3) is 0 Å². The Bertz CT molecular complexity index is 290. The molecule has 0 amide bonds. The number of esters is 1. The number of carbonyl (C=O) groups is 2. The minimum atomic E-state index is -0.990. The van der Waals surface area contributed by atoms with E-state index in [-0.39, 0.29) is 23.2 Å². The lowest BCUT2D eigenvalue weighted by molar-refractivity contribution is -0.143. The van der Waals surface area contributed by atoms with Crippen LogP contribution < -0.4 is 0 Å². The predicted octanol–water partition coefficient (Wildman–Crippen LogP) is 1.07. The number of carbonyl (C=O) groups excluding carboxylic acids is 1. The topological polar surface area (TPSA) is 63.6 Å². The van der Waals surface area contributed by atoms with Crippen molar-refractivity contribution in [2.24, 2.45) is 17.3 Å². The Morgan fingerprint density at radius 2 is 2.00 bits per heavy atom. The van der Waals surface area contributed by atoms with Gasteiger partial charge in [-0.25, -0.2) is 4.79 Å². The molecule has 0 unspecified atom stereocenters. The number of rotatable bonds is 3. The van der Waals surface area contributed by atoms with E-state index < -0.39 is 5.97 Å². The van der Waals surface area contributed by atoms with Crippen molar-refractivity contribution in [3.8, 4) is 0 Å². The van der Waals surface area contributed by atoms with Crippen molar-refractivity contribution >= 4 is 11.9 Å². The maximum Gasteiger partial charge on any atom is 0.327 e. The zero-order chi connectivity index (χ0) is 10.9. The highest BCUT2D eigenvalue weighted by Gasteiger charge is 2.61. The smallest absolute Gasteiger partial charge is 0.327 e. The predicted molar refractivity (Wildman–Crippen MR) is 49.6 cm³/mol. The number of allylic oxidation sites excluding steroid dienone is 1. The highest BCUT2D eigenvalue weighted by Crippen LogP contribution is 2.59. The molecule has 1 N–H and O–H groups in total. The van der Waals surface area contributed by atoms with E-state index in [1.807, 2.05) is 13.8 Å². The van der Waals surface area contributed by atoms with Gasteiger partial charge in [0.05, 0.1) is 13.0 Å². The summed E-state index contributed by atoms with van der Waals surface area (Å²) in [5.41, 5.74) is -0.182. The van der Waals surface area contributed by atoms with Crippen LogP contribution in [-0.2, 0) is 14.3 Å². The number of hydrogen-bond acceptors (Lipinski definition) is 3. The third-order valence-electron chi connectivity index (χ3n) is 2.81. The van der Waals surface area contributed by atoms with Crippen LogP contribution in [0.3, 0.4) is 0 Å². The molecule has 1 aliphatic rings. The molecule has 14 heavy (non-hydrogen) atoms. The van der Waals surface area contributed by atoms with Crippen molar-refractivity contribution in [2.75, 3.05) is 7.11 Å². The van der Waals surface area contributed by atoms with Crippen LogP contribution in [0, 0.1) is 17.3 Å². The molecular weight excluding hydrogens is 184 g/mol. The lowest BCUT2D eigenvalue weighted by atomic mass is 10.1. The molecule has 0 saturated heterocycles. The Morgan fingerprint density at radius 1 is 1.43 bits per heavy atom. The van der Waals surface area contributed by atoms with Crippen LogP contribution in [0.1, 0.15) is 13.8 Å². The zero-order valence-electron chi connectivity index (χ0n) is 8.48. The number of ether oxygens (including phenoxy) is 1. The SMILES string of the molecule is COC(=O)[C@@H]1[C@H](C=CC(=O)O)C1(C)C. The maximum atomic E-state index is 11.2. The molecule has 78 valence electrons. The van der Waals surface area contributed by atoms with Crippen LogP contribution in [0.5, 0.6) is 0 Å². The summed E-state index contributed by atoms with van der Waals surface area (Å²) in [5.74, 6) is -1.49. The lowest BCUT2D eigenvalue weighted by Crippen LogP contribution is -2.07. The van der Waals surface area contributed by atoms with Gasteiger partial charge in [0.15, 0.2) is 0 Å². The summed E-state index contributed by atoms with van der Waals surface area (Å²) in [6.07, 6.45) is 2.64.